The highest BCUT2D eigenvalue weighted by Crippen LogP contribution is 2.14. The second kappa shape index (κ2) is 9.38. The van der Waals surface area contributed by atoms with E-state index in [4.69, 9.17) is 4.74 Å². The lowest BCUT2D eigenvalue weighted by Gasteiger charge is -2.09. The number of para-hydroxylation sites is 1. The molecule has 4 nitrogen and oxygen atoms in total. The van der Waals surface area contributed by atoms with E-state index in [0.29, 0.717) is 11.4 Å². The van der Waals surface area contributed by atoms with E-state index < -0.39 is 0 Å². The van der Waals surface area contributed by atoms with Gasteiger partial charge in [-0.2, -0.15) is 0 Å². The lowest BCUT2D eigenvalue weighted by Crippen LogP contribution is -2.20. The maximum absolute atomic E-state index is 12.9. The van der Waals surface area contributed by atoms with Crippen molar-refractivity contribution >= 4 is 17.3 Å². The highest BCUT2D eigenvalue weighted by Gasteiger charge is 2.04. The van der Waals surface area contributed by atoms with Crippen molar-refractivity contribution in [2.24, 2.45) is 0 Å². The first kappa shape index (κ1) is 18.5. The molecule has 138 valence electrons. The standard InChI is InChI=1S/C22H21FN2O2/c23-18-8-6-17(7-9-18)14-15-24-19-10-12-20(13-11-19)25-22(26)16-27-21-4-2-1-3-5-21/h1-13,24H,14-16H2,(H,25,26). The summed E-state index contributed by atoms with van der Waals surface area (Å²) in [6.45, 7) is 0.698. The number of halogens is 1. The monoisotopic (exact) mass is 364 g/mol. The maximum atomic E-state index is 12.9. The summed E-state index contributed by atoms with van der Waals surface area (Å²) in [4.78, 5) is 11.9. The number of carbonyl (C=O) groups is 1. The molecular weight excluding hydrogens is 343 g/mol. The predicted molar refractivity (Wildman–Crippen MR) is 106 cm³/mol. The zero-order valence-electron chi connectivity index (χ0n) is 14.8. The van der Waals surface area contributed by atoms with Crippen LogP contribution in [0, 0.1) is 5.82 Å². The average Bonchev–Trinajstić information content (AvgIpc) is 2.70. The zero-order chi connectivity index (χ0) is 18.9. The molecule has 0 radical (unpaired) electrons. The fraction of sp³-hybridized carbons (Fsp3) is 0.136. The second-order valence-electron chi connectivity index (χ2n) is 6.03. The fourth-order valence-corrected chi connectivity index (χ4v) is 2.54. The van der Waals surface area contributed by atoms with Crippen LogP contribution in [0.1, 0.15) is 5.56 Å². The van der Waals surface area contributed by atoms with Crippen molar-refractivity contribution in [3.63, 3.8) is 0 Å². The van der Waals surface area contributed by atoms with Gasteiger partial charge in [0.05, 0.1) is 0 Å². The van der Waals surface area contributed by atoms with E-state index in [9.17, 15) is 9.18 Å². The minimum Gasteiger partial charge on any atom is -0.484 e. The molecule has 0 aliphatic heterocycles. The van der Waals surface area contributed by atoms with Crippen molar-refractivity contribution in [2.75, 3.05) is 23.8 Å². The molecular formula is C22H21FN2O2. The van der Waals surface area contributed by atoms with Crippen molar-refractivity contribution < 1.29 is 13.9 Å². The fourth-order valence-electron chi connectivity index (χ4n) is 2.54. The minimum absolute atomic E-state index is 0.0400. The van der Waals surface area contributed by atoms with Gasteiger partial charge in [-0.3, -0.25) is 4.79 Å². The number of amides is 1. The summed E-state index contributed by atoms with van der Waals surface area (Å²) in [5.41, 5.74) is 2.74. The highest BCUT2D eigenvalue weighted by atomic mass is 19.1. The van der Waals surface area contributed by atoms with Gasteiger partial charge in [-0.1, -0.05) is 30.3 Å². The van der Waals surface area contributed by atoms with E-state index in [1.807, 2.05) is 42.5 Å². The lowest BCUT2D eigenvalue weighted by molar-refractivity contribution is -0.118. The molecule has 0 atom stereocenters. The molecule has 0 saturated carbocycles. The Morgan fingerprint density at radius 3 is 2.22 bits per heavy atom. The van der Waals surface area contributed by atoms with Gasteiger partial charge in [0.15, 0.2) is 6.61 Å². The molecule has 0 unspecified atom stereocenters. The van der Waals surface area contributed by atoms with E-state index >= 15 is 0 Å². The van der Waals surface area contributed by atoms with Gasteiger partial charge in [-0.15, -0.1) is 0 Å². The van der Waals surface area contributed by atoms with Crippen LogP contribution in [0.25, 0.3) is 0 Å². The number of nitrogens with one attached hydrogen (secondary N) is 2. The molecule has 5 heteroatoms. The van der Waals surface area contributed by atoms with Crippen LogP contribution in [0.15, 0.2) is 78.9 Å². The third kappa shape index (κ3) is 6.15. The van der Waals surface area contributed by atoms with Crippen LogP contribution in [0.5, 0.6) is 5.75 Å². The van der Waals surface area contributed by atoms with Gasteiger partial charge < -0.3 is 15.4 Å². The van der Waals surface area contributed by atoms with Crippen LogP contribution < -0.4 is 15.4 Å². The largest absolute Gasteiger partial charge is 0.484 e. The zero-order valence-corrected chi connectivity index (χ0v) is 14.8. The van der Waals surface area contributed by atoms with E-state index in [1.54, 1.807) is 24.3 Å². The second-order valence-corrected chi connectivity index (χ2v) is 6.03. The summed E-state index contributed by atoms with van der Waals surface area (Å²) in [6, 6.07) is 23.2. The molecule has 2 N–H and O–H groups in total. The Labute approximate surface area is 158 Å². The van der Waals surface area contributed by atoms with Crippen LogP contribution in [0.3, 0.4) is 0 Å². The van der Waals surface area contributed by atoms with Gasteiger partial charge >= 0.3 is 0 Å². The van der Waals surface area contributed by atoms with Gasteiger partial charge in [0.2, 0.25) is 0 Å². The smallest absolute Gasteiger partial charge is 0.262 e. The quantitative estimate of drug-likeness (QED) is 0.619. The van der Waals surface area contributed by atoms with Crippen molar-refractivity contribution in [3.05, 3.63) is 90.2 Å². The first-order valence-electron chi connectivity index (χ1n) is 8.75. The van der Waals surface area contributed by atoms with Gasteiger partial charge in [0.1, 0.15) is 11.6 Å². The number of anilines is 2. The predicted octanol–water partition coefficient (Wildman–Crippen LogP) is 4.50. The average molecular weight is 364 g/mol. The Kier molecular flexibility index (Phi) is 6.41. The van der Waals surface area contributed by atoms with Gasteiger partial charge in [-0.25, -0.2) is 4.39 Å². The van der Waals surface area contributed by atoms with E-state index in [-0.39, 0.29) is 18.3 Å². The molecule has 0 fully saturated rings. The molecule has 0 aromatic heterocycles. The number of rotatable bonds is 8. The molecule has 0 saturated heterocycles. The van der Waals surface area contributed by atoms with Gasteiger partial charge in [-0.05, 0) is 60.5 Å². The summed E-state index contributed by atoms with van der Waals surface area (Å²) < 4.78 is 18.3. The number of benzene rings is 3. The molecule has 0 aliphatic carbocycles. The summed E-state index contributed by atoms with van der Waals surface area (Å²) in [6.07, 6.45) is 0.801. The van der Waals surface area contributed by atoms with Crippen LogP contribution in [-0.2, 0) is 11.2 Å². The summed E-state index contributed by atoms with van der Waals surface area (Å²) >= 11 is 0. The SMILES string of the molecule is O=C(COc1ccccc1)Nc1ccc(NCCc2ccc(F)cc2)cc1. The van der Waals surface area contributed by atoms with Crippen LogP contribution in [-0.4, -0.2) is 19.1 Å². The first-order valence-corrected chi connectivity index (χ1v) is 8.75. The van der Waals surface area contributed by atoms with Crippen molar-refractivity contribution in [3.8, 4) is 5.75 Å². The van der Waals surface area contributed by atoms with Crippen molar-refractivity contribution in [2.45, 2.75) is 6.42 Å². The van der Waals surface area contributed by atoms with E-state index in [2.05, 4.69) is 10.6 Å². The lowest BCUT2D eigenvalue weighted by atomic mass is 10.1. The van der Waals surface area contributed by atoms with Crippen LogP contribution in [0.4, 0.5) is 15.8 Å². The molecule has 0 heterocycles. The Morgan fingerprint density at radius 1 is 0.852 bits per heavy atom. The number of hydrogen-bond donors (Lipinski definition) is 2. The van der Waals surface area contributed by atoms with E-state index in [0.717, 1.165) is 24.2 Å². The maximum Gasteiger partial charge on any atom is 0.262 e. The molecule has 0 spiro atoms. The molecule has 3 rings (SSSR count). The van der Waals surface area contributed by atoms with Crippen molar-refractivity contribution in [1.82, 2.24) is 0 Å². The number of ether oxygens (including phenoxy) is 1. The third-order valence-corrected chi connectivity index (χ3v) is 3.94. The summed E-state index contributed by atoms with van der Waals surface area (Å²) in [5, 5.41) is 6.10. The molecule has 27 heavy (non-hydrogen) atoms. The summed E-state index contributed by atoms with van der Waals surface area (Å²) in [7, 11) is 0. The molecule has 3 aromatic carbocycles. The third-order valence-electron chi connectivity index (χ3n) is 3.94. The molecule has 0 bridgehead atoms. The molecule has 1 amide bonds. The van der Waals surface area contributed by atoms with Crippen LogP contribution >= 0.6 is 0 Å². The molecule has 3 aromatic rings. The normalized spacial score (nSPS) is 10.3. The highest BCUT2D eigenvalue weighted by molar-refractivity contribution is 5.92. The minimum atomic E-state index is -0.224. The summed E-state index contributed by atoms with van der Waals surface area (Å²) in [5.74, 6) is 0.225. The van der Waals surface area contributed by atoms with Gasteiger partial charge in [0, 0.05) is 17.9 Å². The Morgan fingerprint density at radius 2 is 1.52 bits per heavy atom. The number of carbonyl (C=O) groups excluding carboxylic acids is 1. The topological polar surface area (TPSA) is 50.4 Å². The molecule has 0 aliphatic rings. The van der Waals surface area contributed by atoms with E-state index in [1.165, 1.54) is 12.1 Å². The Bertz CT molecular complexity index is 850. The first-order chi connectivity index (χ1) is 13.2. The Balaban J connectivity index is 1.41. The van der Waals surface area contributed by atoms with Crippen molar-refractivity contribution in [1.29, 1.82) is 0 Å². The Hall–Kier alpha value is -3.34. The number of hydrogen-bond acceptors (Lipinski definition) is 3. The van der Waals surface area contributed by atoms with Gasteiger partial charge in [0.25, 0.3) is 5.91 Å². The van der Waals surface area contributed by atoms with Crippen LogP contribution in [0.2, 0.25) is 0 Å².